The van der Waals surface area contributed by atoms with Gasteiger partial charge in [0.15, 0.2) is 0 Å². The van der Waals surface area contributed by atoms with E-state index in [2.05, 4.69) is 20.6 Å². The molecule has 25 heavy (non-hydrogen) atoms. The molecule has 126 valence electrons. The summed E-state index contributed by atoms with van der Waals surface area (Å²) in [6, 6.07) is 12.6. The zero-order valence-corrected chi connectivity index (χ0v) is 14.4. The minimum atomic E-state index is -0.211. The average Bonchev–Trinajstić information content (AvgIpc) is 2.64. The number of anilines is 2. The van der Waals surface area contributed by atoms with E-state index in [-0.39, 0.29) is 5.91 Å². The van der Waals surface area contributed by atoms with Crippen LogP contribution in [0, 0.1) is 6.92 Å². The Morgan fingerprint density at radius 1 is 1.16 bits per heavy atom. The maximum absolute atomic E-state index is 12.5. The highest BCUT2D eigenvalue weighted by atomic mass is 35.5. The summed E-state index contributed by atoms with van der Waals surface area (Å²) in [7, 11) is 0. The zero-order valence-electron chi connectivity index (χ0n) is 13.7. The summed E-state index contributed by atoms with van der Waals surface area (Å²) in [6.45, 7) is 2.50. The van der Waals surface area contributed by atoms with E-state index in [1.807, 2.05) is 25.1 Å². The lowest BCUT2D eigenvalue weighted by atomic mass is 10.2. The molecule has 0 atom stereocenters. The number of carbonyl (C=O) groups excluding carboxylic acids is 1. The number of aryl methyl sites for hydroxylation is 1. The highest BCUT2D eigenvalue weighted by Gasteiger charge is 2.09. The number of benzene rings is 1. The lowest BCUT2D eigenvalue weighted by Crippen LogP contribution is -2.13. The lowest BCUT2D eigenvalue weighted by Gasteiger charge is -2.10. The van der Waals surface area contributed by atoms with Crippen LogP contribution < -0.4 is 10.6 Å². The number of aromatic nitrogens is 2. The number of hydrogen-bond donors (Lipinski definition) is 2. The van der Waals surface area contributed by atoms with Gasteiger partial charge in [-0.3, -0.25) is 9.78 Å². The van der Waals surface area contributed by atoms with Crippen LogP contribution in [0.25, 0.3) is 0 Å². The Kier molecular flexibility index (Phi) is 5.26. The first-order valence-corrected chi connectivity index (χ1v) is 8.16. The molecule has 1 amide bonds. The van der Waals surface area contributed by atoms with Crippen LogP contribution in [0.1, 0.15) is 21.5 Å². The summed E-state index contributed by atoms with van der Waals surface area (Å²) >= 11 is 5.99. The van der Waals surface area contributed by atoms with E-state index < -0.39 is 0 Å². The highest BCUT2D eigenvalue weighted by molar-refractivity contribution is 6.31. The molecule has 2 aromatic heterocycles. The average molecular weight is 353 g/mol. The van der Waals surface area contributed by atoms with Crippen LogP contribution in [0.5, 0.6) is 0 Å². The summed E-state index contributed by atoms with van der Waals surface area (Å²) < 4.78 is 0. The maximum Gasteiger partial charge on any atom is 0.255 e. The molecule has 0 aliphatic heterocycles. The normalized spacial score (nSPS) is 10.3. The van der Waals surface area contributed by atoms with Gasteiger partial charge in [0, 0.05) is 41.4 Å². The van der Waals surface area contributed by atoms with Gasteiger partial charge in [0.25, 0.3) is 5.91 Å². The molecule has 0 fully saturated rings. The fourth-order valence-corrected chi connectivity index (χ4v) is 2.46. The summed E-state index contributed by atoms with van der Waals surface area (Å²) in [5.74, 6) is 0.413. The van der Waals surface area contributed by atoms with E-state index in [0.29, 0.717) is 28.6 Å². The first-order valence-electron chi connectivity index (χ1n) is 7.78. The molecule has 0 unspecified atom stereocenters. The van der Waals surface area contributed by atoms with E-state index in [0.717, 1.165) is 11.1 Å². The van der Waals surface area contributed by atoms with Crippen molar-refractivity contribution in [2.45, 2.75) is 13.5 Å². The van der Waals surface area contributed by atoms with Crippen molar-refractivity contribution in [1.82, 2.24) is 9.97 Å². The molecule has 0 aliphatic rings. The lowest BCUT2D eigenvalue weighted by molar-refractivity contribution is 0.102. The Morgan fingerprint density at radius 3 is 2.84 bits per heavy atom. The minimum Gasteiger partial charge on any atom is -0.366 e. The monoisotopic (exact) mass is 352 g/mol. The molecule has 0 spiro atoms. The van der Waals surface area contributed by atoms with Crippen molar-refractivity contribution >= 4 is 29.0 Å². The topological polar surface area (TPSA) is 66.9 Å². The maximum atomic E-state index is 12.5. The third-order valence-corrected chi connectivity index (χ3v) is 3.90. The number of rotatable bonds is 5. The second kappa shape index (κ2) is 7.77. The molecule has 3 rings (SSSR count). The van der Waals surface area contributed by atoms with Crippen molar-refractivity contribution in [3.05, 3.63) is 82.8 Å². The van der Waals surface area contributed by atoms with Crippen molar-refractivity contribution in [1.29, 1.82) is 0 Å². The largest absolute Gasteiger partial charge is 0.366 e. The Bertz CT molecular complexity index is 884. The van der Waals surface area contributed by atoms with Crippen LogP contribution in [0.4, 0.5) is 11.5 Å². The third-order valence-electron chi connectivity index (χ3n) is 3.67. The highest BCUT2D eigenvalue weighted by Crippen LogP contribution is 2.21. The Balaban J connectivity index is 1.70. The van der Waals surface area contributed by atoms with E-state index in [4.69, 9.17) is 11.6 Å². The number of hydrogen-bond acceptors (Lipinski definition) is 4. The van der Waals surface area contributed by atoms with Crippen molar-refractivity contribution in [2.24, 2.45) is 0 Å². The van der Waals surface area contributed by atoms with Gasteiger partial charge in [0.05, 0.1) is 0 Å². The molecule has 0 aliphatic carbocycles. The third kappa shape index (κ3) is 4.55. The van der Waals surface area contributed by atoms with Crippen molar-refractivity contribution < 1.29 is 4.79 Å². The number of nitrogens with zero attached hydrogens (tertiary/aromatic N) is 2. The van der Waals surface area contributed by atoms with Crippen molar-refractivity contribution in [3.63, 3.8) is 0 Å². The molecular formula is C19H17ClN4O. The summed E-state index contributed by atoms with van der Waals surface area (Å²) in [5.41, 5.74) is 3.19. The number of amides is 1. The number of carbonyl (C=O) groups is 1. The molecule has 0 radical (unpaired) electrons. The smallest absolute Gasteiger partial charge is 0.255 e. The second-order valence-electron chi connectivity index (χ2n) is 5.56. The number of nitrogens with one attached hydrogen (secondary N) is 2. The van der Waals surface area contributed by atoms with Crippen LogP contribution in [0.2, 0.25) is 5.02 Å². The van der Waals surface area contributed by atoms with Gasteiger partial charge in [-0.25, -0.2) is 4.98 Å². The van der Waals surface area contributed by atoms with Gasteiger partial charge in [0.2, 0.25) is 0 Å². The van der Waals surface area contributed by atoms with Crippen molar-refractivity contribution in [3.8, 4) is 0 Å². The van der Waals surface area contributed by atoms with E-state index in [9.17, 15) is 4.79 Å². The molecule has 2 heterocycles. The molecule has 5 nitrogen and oxygen atoms in total. The fourth-order valence-electron chi connectivity index (χ4n) is 2.29. The molecule has 0 saturated carbocycles. The van der Waals surface area contributed by atoms with E-state index >= 15 is 0 Å². The first kappa shape index (κ1) is 16.9. The molecule has 6 heteroatoms. The molecule has 1 aromatic carbocycles. The molecular weight excluding hydrogens is 336 g/mol. The summed E-state index contributed by atoms with van der Waals surface area (Å²) in [5, 5.41) is 6.65. The van der Waals surface area contributed by atoms with E-state index in [1.54, 1.807) is 42.9 Å². The molecule has 0 saturated heterocycles. The summed E-state index contributed by atoms with van der Waals surface area (Å²) in [4.78, 5) is 20.8. The minimum absolute atomic E-state index is 0.211. The zero-order chi connectivity index (χ0) is 17.6. The Labute approximate surface area is 151 Å². The first-order chi connectivity index (χ1) is 12.1. The van der Waals surface area contributed by atoms with Gasteiger partial charge in [-0.1, -0.05) is 23.7 Å². The van der Waals surface area contributed by atoms with E-state index in [1.165, 1.54) is 0 Å². The van der Waals surface area contributed by atoms with Crippen LogP contribution in [-0.4, -0.2) is 15.9 Å². The van der Waals surface area contributed by atoms with Crippen molar-refractivity contribution in [2.75, 3.05) is 10.6 Å². The fraction of sp³-hybridized carbons (Fsp3) is 0.105. The van der Waals surface area contributed by atoms with Crippen LogP contribution in [0.3, 0.4) is 0 Å². The SMILES string of the molecule is Cc1ccc(Cl)cc1NC(=O)c1ccnc(NCc2cccnc2)c1. The van der Waals surface area contributed by atoms with Gasteiger partial charge >= 0.3 is 0 Å². The quantitative estimate of drug-likeness (QED) is 0.718. The predicted octanol–water partition coefficient (Wildman–Crippen LogP) is 4.30. The standard InChI is InChI=1S/C19H17ClN4O/c1-13-4-5-16(20)10-17(13)24-19(25)15-6-8-22-18(9-15)23-12-14-3-2-7-21-11-14/h2-11H,12H2,1H3,(H,22,23)(H,24,25). The molecule has 3 aromatic rings. The predicted molar refractivity (Wildman–Crippen MR) is 99.9 cm³/mol. The molecule has 2 N–H and O–H groups in total. The van der Waals surface area contributed by atoms with Crippen LogP contribution in [0.15, 0.2) is 61.1 Å². The number of halogens is 1. The van der Waals surface area contributed by atoms with Gasteiger partial charge in [-0.15, -0.1) is 0 Å². The molecule has 0 bridgehead atoms. The van der Waals surface area contributed by atoms with Gasteiger partial charge in [0.1, 0.15) is 5.82 Å². The summed E-state index contributed by atoms with van der Waals surface area (Å²) in [6.07, 6.45) is 5.11. The van der Waals surface area contributed by atoms with Gasteiger partial charge in [-0.05, 0) is 48.4 Å². The Morgan fingerprint density at radius 2 is 2.04 bits per heavy atom. The second-order valence-corrected chi connectivity index (χ2v) is 5.99. The van der Waals surface area contributed by atoms with Gasteiger partial charge in [-0.2, -0.15) is 0 Å². The van der Waals surface area contributed by atoms with Crippen LogP contribution >= 0.6 is 11.6 Å². The van der Waals surface area contributed by atoms with Gasteiger partial charge < -0.3 is 10.6 Å². The van der Waals surface area contributed by atoms with Crippen LogP contribution in [-0.2, 0) is 6.54 Å². The Hall–Kier alpha value is -2.92. The number of pyridine rings is 2.